The lowest BCUT2D eigenvalue weighted by Crippen LogP contribution is -2.26. The highest BCUT2D eigenvalue weighted by molar-refractivity contribution is 6.31. The standard InChI is InChI=1S/C16H16ClNO/c1-11-7-9-13(10-8-11)16(19)18-12(2)14-5-3-4-6-15(14)17/h3-10,12H,1-2H3,(H,18,19)/t12-/m0/s1. The van der Waals surface area contributed by atoms with Crippen molar-refractivity contribution in [2.24, 2.45) is 0 Å². The Morgan fingerprint density at radius 1 is 1.11 bits per heavy atom. The first kappa shape index (κ1) is 13.6. The largest absolute Gasteiger partial charge is 0.345 e. The van der Waals surface area contributed by atoms with Gasteiger partial charge in [-0.05, 0) is 37.6 Å². The predicted octanol–water partition coefficient (Wildman–Crippen LogP) is 4.14. The van der Waals surface area contributed by atoms with Crippen LogP contribution < -0.4 is 5.32 Å². The lowest BCUT2D eigenvalue weighted by Gasteiger charge is -2.15. The topological polar surface area (TPSA) is 29.1 Å². The summed E-state index contributed by atoms with van der Waals surface area (Å²) < 4.78 is 0. The molecule has 19 heavy (non-hydrogen) atoms. The Morgan fingerprint density at radius 3 is 2.37 bits per heavy atom. The fourth-order valence-electron chi connectivity index (χ4n) is 1.89. The number of hydrogen-bond donors (Lipinski definition) is 1. The Labute approximate surface area is 118 Å². The van der Waals surface area contributed by atoms with Crippen molar-refractivity contribution in [1.82, 2.24) is 5.32 Å². The van der Waals surface area contributed by atoms with Crippen LogP contribution in [0.25, 0.3) is 0 Å². The molecule has 0 heterocycles. The zero-order chi connectivity index (χ0) is 13.8. The summed E-state index contributed by atoms with van der Waals surface area (Å²) in [5, 5.41) is 3.62. The molecular weight excluding hydrogens is 258 g/mol. The van der Waals surface area contributed by atoms with Gasteiger partial charge in [-0.2, -0.15) is 0 Å². The van der Waals surface area contributed by atoms with Crippen molar-refractivity contribution in [3.05, 3.63) is 70.2 Å². The first-order chi connectivity index (χ1) is 9.08. The molecule has 2 nitrogen and oxygen atoms in total. The molecule has 1 N–H and O–H groups in total. The summed E-state index contributed by atoms with van der Waals surface area (Å²) in [5.41, 5.74) is 2.71. The first-order valence-corrected chi connectivity index (χ1v) is 6.57. The van der Waals surface area contributed by atoms with E-state index in [4.69, 9.17) is 11.6 Å². The minimum Gasteiger partial charge on any atom is -0.345 e. The molecule has 0 saturated heterocycles. The van der Waals surface area contributed by atoms with Gasteiger partial charge in [-0.25, -0.2) is 0 Å². The quantitative estimate of drug-likeness (QED) is 0.895. The number of halogens is 1. The van der Waals surface area contributed by atoms with E-state index in [1.54, 1.807) is 0 Å². The smallest absolute Gasteiger partial charge is 0.251 e. The fraction of sp³-hybridized carbons (Fsp3) is 0.188. The van der Waals surface area contributed by atoms with Crippen LogP contribution in [0.5, 0.6) is 0 Å². The summed E-state index contributed by atoms with van der Waals surface area (Å²) in [7, 11) is 0. The zero-order valence-corrected chi connectivity index (χ0v) is 11.7. The van der Waals surface area contributed by atoms with Gasteiger partial charge in [0.05, 0.1) is 6.04 Å². The van der Waals surface area contributed by atoms with Crippen molar-refractivity contribution in [2.75, 3.05) is 0 Å². The third kappa shape index (κ3) is 3.36. The Hall–Kier alpha value is -1.80. The molecule has 3 heteroatoms. The van der Waals surface area contributed by atoms with Crippen LogP contribution in [0, 0.1) is 6.92 Å². The van der Waals surface area contributed by atoms with Gasteiger partial charge in [-0.15, -0.1) is 0 Å². The minimum absolute atomic E-state index is 0.0904. The highest BCUT2D eigenvalue weighted by atomic mass is 35.5. The predicted molar refractivity (Wildman–Crippen MR) is 78.5 cm³/mol. The molecule has 1 atom stereocenters. The van der Waals surface area contributed by atoms with E-state index in [0.717, 1.165) is 11.1 Å². The summed E-state index contributed by atoms with van der Waals surface area (Å²) in [4.78, 5) is 12.1. The van der Waals surface area contributed by atoms with Gasteiger partial charge in [0.1, 0.15) is 0 Å². The molecule has 0 aliphatic carbocycles. The lowest BCUT2D eigenvalue weighted by atomic mass is 10.1. The lowest BCUT2D eigenvalue weighted by molar-refractivity contribution is 0.0940. The van der Waals surface area contributed by atoms with Gasteiger partial charge in [0, 0.05) is 10.6 Å². The van der Waals surface area contributed by atoms with Crippen molar-refractivity contribution in [3.8, 4) is 0 Å². The van der Waals surface area contributed by atoms with Gasteiger partial charge in [-0.3, -0.25) is 4.79 Å². The summed E-state index contributed by atoms with van der Waals surface area (Å²) >= 11 is 6.12. The van der Waals surface area contributed by atoms with E-state index < -0.39 is 0 Å². The van der Waals surface area contributed by atoms with E-state index in [1.165, 1.54) is 0 Å². The van der Waals surface area contributed by atoms with Gasteiger partial charge in [0.2, 0.25) is 0 Å². The van der Waals surface area contributed by atoms with Crippen LogP contribution >= 0.6 is 11.6 Å². The first-order valence-electron chi connectivity index (χ1n) is 6.20. The maximum Gasteiger partial charge on any atom is 0.251 e. The molecule has 0 aliphatic heterocycles. The SMILES string of the molecule is Cc1ccc(C(=O)N[C@@H](C)c2ccccc2Cl)cc1. The van der Waals surface area contributed by atoms with E-state index >= 15 is 0 Å². The number of hydrogen-bond acceptors (Lipinski definition) is 1. The molecule has 2 aromatic rings. The van der Waals surface area contributed by atoms with Crippen molar-refractivity contribution >= 4 is 17.5 Å². The summed E-state index contributed by atoms with van der Waals surface area (Å²) in [6.45, 7) is 3.92. The number of carbonyl (C=O) groups excluding carboxylic acids is 1. The van der Waals surface area contributed by atoms with Gasteiger partial charge < -0.3 is 5.32 Å². The third-order valence-corrected chi connectivity index (χ3v) is 3.38. The van der Waals surface area contributed by atoms with Gasteiger partial charge >= 0.3 is 0 Å². The molecule has 2 rings (SSSR count). The second-order valence-corrected chi connectivity index (χ2v) is 4.99. The monoisotopic (exact) mass is 273 g/mol. The second kappa shape index (κ2) is 5.89. The van der Waals surface area contributed by atoms with E-state index in [-0.39, 0.29) is 11.9 Å². The molecule has 0 fully saturated rings. The normalized spacial score (nSPS) is 11.9. The van der Waals surface area contributed by atoms with Crippen molar-refractivity contribution in [3.63, 3.8) is 0 Å². The maximum absolute atomic E-state index is 12.1. The third-order valence-electron chi connectivity index (χ3n) is 3.03. The molecule has 0 unspecified atom stereocenters. The molecule has 0 spiro atoms. The Kier molecular flexibility index (Phi) is 4.23. The highest BCUT2D eigenvalue weighted by Crippen LogP contribution is 2.22. The number of carbonyl (C=O) groups is 1. The van der Waals surface area contributed by atoms with E-state index in [0.29, 0.717) is 10.6 Å². The summed E-state index contributed by atoms with van der Waals surface area (Å²) in [6.07, 6.45) is 0. The number of aryl methyl sites for hydroxylation is 1. The van der Waals surface area contributed by atoms with Gasteiger partial charge in [-0.1, -0.05) is 47.5 Å². The Morgan fingerprint density at radius 2 is 1.74 bits per heavy atom. The molecule has 0 bridgehead atoms. The summed E-state index contributed by atoms with van der Waals surface area (Å²) in [5.74, 6) is -0.0904. The molecule has 0 aliphatic rings. The van der Waals surface area contributed by atoms with Crippen LogP contribution in [0.4, 0.5) is 0 Å². The second-order valence-electron chi connectivity index (χ2n) is 4.58. The average molecular weight is 274 g/mol. The van der Waals surface area contributed by atoms with Crippen LogP contribution in [0.3, 0.4) is 0 Å². The van der Waals surface area contributed by atoms with E-state index in [2.05, 4.69) is 5.32 Å². The fourth-order valence-corrected chi connectivity index (χ4v) is 2.19. The van der Waals surface area contributed by atoms with E-state index in [1.807, 2.05) is 62.4 Å². The van der Waals surface area contributed by atoms with Crippen molar-refractivity contribution < 1.29 is 4.79 Å². The van der Waals surface area contributed by atoms with Gasteiger partial charge in [0.25, 0.3) is 5.91 Å². The van der Waals surface area contributed by atoms with Gasteiger partial charge in [0.15, 0.2) is 0 Å². The maximum atomic E-state index is 12.1. The molecule has 1 amide bonds. The molecule has 0 aromatic heterocycles. The Bertz CT molecular complexity index is 578. The van der Waals surface area contributed by atoms with Crippen molar-refractivity contribution in [2.45, 2.75) is 19.9 Å². The highest BCUT2D eigenvalue weighted by Gasteiger charge is 2.13. The van der Waals surface area contributed by atoms with Crippen LogP contribution in [0.15, 0.2) is 48.5 Å². The molecule has 98 valence electrons. The van der Waals surface area contributed by atoms with Crippen LogP contribution in [-0.2, 0) is 0 Å². The molecule has 2 aromatic carbocycles. The molecule has 0 radical (unpaired) electrons. The minimum atomic E-state index is -0.123. The summed E-state index contributed by atoms with van der Waals surface area (Å²) in [6, 6.07) is 14.9. The zero-order valence-electron chi connectivity index (χ0n) is 11.0. The van der Waals surface area contributed by atoms with E-state index in [9.17, 15) is 4.79 Å². The number of amides is 1. The van der Waals surface area contributed by atoms with Crippen LogP contribution in [-0.4, -0.2) is 5.91 Å². The number of rotatable bonds is 3. The number of benzene rings is 2. The van der Waals surface area contributed by atoms with Crippen molar-refractivity contribution in [1.29, 1.82) is 0 Å². The Balaban J connectivity index is 2.11. The number of nitrogens with one attached hydrogen (secondary N) is 1. The molecule has 0 saturated carbocycles. The molecular formula is C16H16ClNO. The van der Waals surface area contributed by atoms with Crippen LogP contribution in [0.1, 0.15) is 34.5 Å². The average Bonchev–Trinajstić information content (AvgIpc) is 2.39. The van der Waals surface area contributed by atoms with Crippen LogP contribution in [0.2, 0.25) is 5.02 Å².